The first-order valence-corrected chi connectivity index (χ1v) is 7.69. The van der Waals surface area contributed by atoms with E-state index >= 15 is 0 Å². The molecule has 20 heavy (non-hydrogen) atoms. The Labute approximate surface area is 121 Å². The van der Waals surface area contributed by atoms with Gasteiger partial charge in [0.25, 0.3) is 0 Å². The lowest BCUT2D eigenvalue weighted by Gasteiger charge is -2.27. The number of hydrogen-bond acceptors (Lipinski definition) is 4. The highest BCUT2D eigenvalue weighted by Gasteiger charge is 2.20. The Kier molecular flexibility index (Phi) is 8.22. The summed E-state index contributed by atoms with van der Waals surface area (Å²) in [6.45, 7) is 10.7. The van der Waals surface area contributed by atoms with E-state index in [1.807, 2.05) is 13.8 Å². The van der Waals surface area contributed by atoms with Crippen molar-refractivity contribution in [1.82, 2.24) is 20.4 Å². The molecule has 0 saturated carbocycles. The van der Waals surface area contributed by atoms with Crippen LogP contribution in [0, 0.1) is 0 Å². The van der Waals surface area contributed by atoms with Crippen molar-refractivity contribution in [2.24, 2.45) is 0 Å². The summed E-state index contributed by atoms with van der Waals surface area (Å²) in [6.07, 6.45) is 1.75. The van der Waals surface area contributed by atoms with Crippen molar-refractivity contribution < 1.29 is 9.59 Å². The van der Waals surface area contributed by atoms with E-state index in [-0.39, 0.29) is 0 Å². The molecule has 0 unspecified atom stereocenters. The van der Waals surface area contributed by atoms with Crippen LogP contribution in [0.1, 0.15) is 26.7 Å². The quantitative estimate of drug-likeness (QED) is 0.628. The summed E-state index contributed by atoms with van der Waals surface area (Å²) < 4.78 is 0. The third-order valence-electron chi connectivity index (χ3n) is 3.39. The number of amides is 2. The molecule has 0 aromatic rings. The predicted molar refractivity (Wildman–Crippen MR) is 79.5 cm³/mol. The van der Waals surface area contributed by atoms with E-state index in [2.05, 4.69) is 15.5 Å². The van der Waals surface area contributed by atoms with Crippen LogP contribution >= 0.6 is 0 Å². The molecular weight excluding hydrogens is 256 g/mol. The zero-order valence-corrected chi connectivity index (χ0v) is 12.8. The number of piperazine rings is 1. The summed E-state index contributed by atoms with van der Waals surface area (Å²) in [7, 11) is 0. The van der Waals surface area contributed by atoms with E-state index in [9.17, 15) is 9.59 Å². The first kappa shape index (κ1) is 16.9. The number of carbonyl (C=O) groups excluding carboxylic acids is 2. The van der Waals surface area contributed by atoms with Crippen LogP contribution in [0.3, 0.4) is 0 Å². The molecule has 6 heteroatoms. The molecule has 1 aliphatic heterocycles. The molecule has 1 fully saturated rings. The molecular formula is C14H28N4O2. The van der Waals surface area contributed by atoms with Gasteiger partial charge in [-0.1, -0.05) is 13.8 Å². The molecule has 0 atom stereocenters. The van der Waals surface area contributed by atoms with Gasteiger partial charge in [0.2, 0.25) is 0 Å². The van der Waals surface area contributed by atoms with Gasteiger partial charge in [-0.25, -0.2) is 0 Å². The number of hydrogen-bond donors (Lipinski definition) is 2. The minimum atomic E-state index is -0.470. The monoisotopic (exact) mass is 284 g/mol. The van der Waals surface area contributed by atoms with Gasteiger partial charge in [0.1, 0.15) is 0 Å². The van der Waals surface area contributed by atoms with Crippen molar-refractivity contribution >= 4 is 11.8 Å². The van der Waals surface area contributed by atoms with Gasteiger partial charge < -0.3 is 15.5 Å². The second kappa shape index (κ2) is 9.72. The zero-order chi connectivity index (χ0) is 14.8. The van der Waals surface area contributed by atoms with E-state index in [0.717, 1.165) is 45.6 Å². The second-order valence-electron chi connectivity index (χ2n) is 5.14. The van der Waals surface area contributed by atoms with Crippen LogP contribution in [0.4, 0.5) is 0 Å². The third kappa shape index (κ3) is 5.88. The molecule has 0 spiro atoms. The number of carbonyl (C=O) groups is 2. The molecule has 1 aliphatic rings. The molecule has 0 radical (unpaired) electrons. The lowest BCUT2D eigenvalue weighted by Crippen LogP contribution is -2.48. The maximum absolute atomic E-state index is 12.0. The SMILES string of the molecule is CCCN(CCC)C(=O)C(=O)NCCN1CCNCC1. The minimum Gasteiger partial charge on any atom is -0.347 e. The highest BCUT2D eigenvalue weighted by Crippen LogP contribution is 1.96. The van der Waals surface area contributed by atoms with Gasteiger partial charge in [-0.2, -0.15) is 0 Å². The average Bonchev–Trinajstić information content (AvgIpc) is 2.47. The van der Waals surface area contributed by atoms with Crippen LogP contribution in [0.5, 0.6) is 0 Å². The van der Waals surface area contributed by atoms with Crippen LogP contribution in [-0.2, 0) is 9.59 Å². The van der Waals surface area contributed by atoms with Crippen molar-refractivity contribution in [3.8, 4) is 0 Å². The Morgan fingerprint density at radius 2 is 1.75 bits per heavy atom. The maximum Gasteiger partial charge on any atom is 0.311 e. The Morgan fingerprint density at radius 1 is 1.15 bits per heavy atom. The zero-order valence-electron chi connectivity index (χ0n) is 12.8. The molecule has 0 aliphatic carbocycles. The van der Waals surface area contributed by atoms with Crippen LogP contribution in [0.15, 0.2) is 0 Å². The van der Waals surface area contributed by atoms with Gasteiger partial charge in [-0.15, -0.1) is 0 Å². The summed E-state index contributed by atoms with van der Waals surface area (Å²) >= 11 is 0. The Balaban J connectivity index is 2.27. The van der Waals surface area contributed by atoms with Gasteiger partial charge in [0, 0.05) is 52.4 Å². The molecule has 116 valence electrons. The summed E-state index contributed by atoms with van der Waals surface area (Å²) in [5, 5.41) is 6.02. The van der Waals surface area contributed by atoms with Crippen molar-refractivity contribution in [1.29, 1.82) is 0 Å². The molecule has 0 bridgehead atoms. The van der Waals surface area contributed by atoms with Crippen LogP contribution in [0.25, 0.3) is 0 Å². The largest absolute Gasteiger partial charge is 0.347 e. The first-order chi connectivity index (χ1) is 9.69. The average molecular weight is 284 g/mol. The molecule has 1 heterocycles. The summed E-state index contributed by atoms with van der Waals surface area (Å²) in [5.41, 5.74) is 0. The highest BCUT2D eigenvalue weighted by atomic mass is 16.2. The topological polar surface area (TPSA) is 64.7 Å². The summed E-state index contributed by atoms with van der Waals surface area (Å²) in [6, 6.07) is 0. The van der Waals surface area contributed by atoms with E-state index in [4.69, 9.17) is 0 Å². The Hall–Kier alpha value is -1.14. The van der Waals surface area contributed by atoms with Crippen molar-refractivity contribution in [3.63, 3.8) is 0 Å². The Morgan fingerprint density at radius 3 is 2.30 bits per heavy atom. The fraction of sp³-hybridized carbons (Fsp3) is 0.857. The normalized spacial score (nSPS) is 15.9. The van der Waals surface area contributed by atoms with Crippen molar-refractivity contribution in [3.05, 3.63) is 0 Å². The Bertz CT molecular complexity index is 298. The van der Waals surface area contributed by atoms with Gasteiger partial charge in [0.15, 0.2) is 0 Å². The molecule has 0 aromatic heterocycles. The fourth-order valence-electron chi connectivity index (χ4n) is 2.34. The molecule has 1 saturated heterocycles. The van der Waals surface area contributed by atoms with Gasteiger partial charge in [-0.3, -0.25) is 14.5 Å². The number of nitrogens with zero attached hydrogens (tertiary/aromatic N) is 2. The maximum atomic E-state index is 12.0. The van der Waals surface area contributed by atoms with Crippen LogP contribution < -0.4 is 10.6 Å². The first-order valence-electron chi connectivity index (χ1n) is 7.69. The molecule has 0 aromatic carbocycles. The van der Waals surface area contributed by atoms with E-state index in [1.54, 1.807) is 4.90 Å². The number of rotatable bonds is 7. The minimum absolute atomic E-state index is 0.394. The molecule has 6 nitrogen and oxygen atoms in total. The predicted octanol–water partition coefficient (Wildman–Crippen LogP) is -0.344. The van der Waals surface area contributed by atoms with Crippen LogP contribution in [0.2, 0.25) is 0 Å². The third-order valence-corrected chi connectivity index (χ3v) is 3.39. The second-order valence-corrected chi connectivity index (χ2v) is 5.14. The fourth-order valence-corrected chi connectivity index (χ4v) is 2.34. The lowest BCUT2D eigenvalue weighted by atomic mass is 10.3. The van der Waals surface area contributed by atoms with E-state index in [1.165, 1.54) is 0 Å². The molecule has 2 N–H and O–H groups in total. The standard InChI is InChI=1S/C14H28N4O2/c1-3-8-18(9-4-2)14(20)13(19)16-7-12-17-10-5-15-6-11-17/h15H,3-12H2,1-2H3,(H,16,19). The van der Waals surface area contributed by atoms with Crippen molar-refractivity contribution in [2.75, 3.05) is 52.4 Å². The smallest absolute Gasteiger partial charge is 0.311 e. The molecule has 1 rings (SSSR count). The summed E-state index contributed by atoms with van der Waals surface area (Å²) in [4.78, 5) is 27.8. The molecule has 2 amide bonds. The summed E-state index contributed by atoms with van der Waals surface area (Å²) in [5.74, 6) is -0.865. The van der Waals surface area contributed by atoms with Gasteiger partial charge in [0.05, 0.1) is 0 Å². The van der Waals surface area contributed by atoms with Crippen molar-refractivity contribution in [2.45, 2.75) is 26.7 Å². The van der Waals surface area contributed by atoms with E-state index in [0.29, 0.717) is 19.6 Å². The highest BCUT2D eigenvalue weighted by molar-refractivity contribution is 6.35. The van der Waals surface area contributed by atoms with Gasteiger partial charge in [-0.05, 0) is 12.8 Å². The van der Waals surface area contributed by atoms with Crippen LogP contribution in [-0.4, -0.2) is 74.0 Å². The lowest BCUT2D eigenvalue weighted by molar-refractivity contribution is -0.145. The van der Waals surface area contributed by atoms with Gasteiger partial charge >= 0.3 is 11.8 Å². The van der Waals surface area contributed by atoms with E-state index < -0.39 is 11.8 Å². The number of nitrogens with one attached hydrogen (secondary N) is 2.